The van der Waals surface area contributed by atoms with Crippen molar-refractivity contribution >= 4 is 27.5 Å². The second-order valence-electron chi connectivity index (χ2n) is 11.2. The summed E-state index contributed by atoms with van der Waals surface area (Å²) in [6.07, 6.45) is 1.00. The fraction of sp³-hybridized carbons (Fsp3) is 0.278. The third-order valence-corrected chi connectivity index (χ3v) is 9.43. The zero-order valence-electron chi connectivity index (χ0n) is 25.8. The lowest BCUT2D eigenvalue weighted by molar-refractivity contribution is -0.140. The van der Waals surface area contributed by atoms with Crippen LogP contribution in [0.25, 0.3) is 0 Å². The summed E-state index contributed by atoms with van der Waals surface area (Å²) < 4.78 is 29.3. The molecule has 0 unspecified atom stereocenters. The standard InChI is InChI=1S/C36H41N3O4S/c1-5-29(4)37-36(41)34(24-30-14-8-6-9-15-30)38(25-31-16-12-13-28(3)23-31)35(40)26-39(32-17-10-7-11-18-32)44(42,43)33-21-19-27(2)20-22-33/h6-23,29,34H,5,24-26H2,1-4H3,(H,37,41)/t29-,34-/m1/s1. The summed E-state index contributed by atoms with van der Waals surface area (Å²) in [6.45, 7) is 7.43. The molecule has 0 saturated carbocycles. The molecule has 230 valence electrons. The Morgan fingerprint density at radius 2 is 1.39 bits per heavy atom. The van der Waals surface area contributed by atoms with Gasteiger partial charge >= 0.3 is 0 Å². The van der Waals surface area contributed by atoms with Gasteiger partial charge in [0.1, 0.15) is 12.6 Å². The maximum Gasteiger partial charge on any atom is 0.264 e. The number of nitrogens with one attached hydrogen (secondary N) is 1. The minimum absolute atomic E-state index is 0.0836. The van der Waals surface area contributed by atoms with Crippen LogP contribution in [0.1, 0.15) is 42.5 Å². The Hall–Kier alpha value is -4.43. The number of hydrogen-bond acceptors (Lipinski definition) is 4. The van der Waals surface area contributed by atoms with Gasteiger partial charge in [-0.2, -0.15) is 0 Å². The van der Waals surface area contributed by atoms with Crippen molar-refractivity contribution in [3.8, 4) is 0 Å². The number of sulfonamides is 1. The van der Waals surface area contributed by atoms with Gasteiger partial charge in [0.2, 0.25) is 11.8 Å². The summed E-state index contributed by atoms with van der Waals surface area (Å²) in [5.41, 5.74) is 4.05. The average Bonchev–Trinajstić information content (AvgIpc) is 3.02. The van der Waals surface area contributed by atoms with Crippen molar-refractivity contribution in [1.29, 1.82) is 0 Å². The highest BCUT2D eigenvalue weighted by atomic mass is 32.2. The molecule has 0 bridgehead atoms. The number of aryl methyl sites for hydroxylation is 2. The molecule has 4 rings (SSSR count). The normalized spacial score (nSPS) is 12.6. The number of nitrogens with zero attached hydrogens (tertiary/aromatic N) is 2. The van der Waals surface area contributed by atoms with Crippen LogP contribution in [-0.4, -0.2) is 43.8 Å². The molecule has 0 fully saturated rings. The largest absolute Gasteiger partial charge is 0.352 e. The van der Waals surface area contributed by atoms with E-state index in [4.69, 9.17) is 0 Å². The minimum atomic E-state index is -4.12. The number of anilines is 1. The Bertz CT molecular complexity index is 1640. The van der Waals surface area contributed by atoms with E-state index >= 15 is 0 Å². The summed E-state index contributed by atoms with van der Waals surface area (Å²) in [6, 6.07) is 31.5. The fourth-order valence-corrected chi connectivity index (χ4v) is 6.38. The Morgan fingerprint density at radius 1 is 0.773 bits per heavy atom. The van der Waals surface area contributed by atoms with E-state index in [2.05, 4.69) is 5.32 Å². The van der Waals surface area contributed by atoms with E-state index in [-0.39, 0.29) is 29.8 Å². The van der Waals surface area contributed by atoms with Crippen LogP contribution in [0, 0.1) is 13.8 Å². The molecule has 44 heavy (non-hydrogen) atoms. The topological polar surface area (TPSA) is 86.8 Å². The molecule has 0 saturated heterocycles. The predicted octanol–water partition coefficient (Wildman–Crippen LogP) is 6.05. The second kappa shape index (κ2) is 14.8. The van der Waals surface area contributed by atoms with Crippen molar-refractivity contribution in [2.24, 2.45) is 0 Å². The van der Waals surface area contributed by atoms with Gasteiger partial charge < -0.3 is 10.2 Å². The van der Waals surface area contributed by atoms with Crippen molar-refractivity contribution in [3.05, 3.63) is 131 Å². The summed E-state index contributed by atoms with van der Waals surface area (Å²) >= 11 is 0. The zero-order valence-corrected chi connectivity index (χ0v) is 26.6. The third kappa shape index (κ3) is 8.35. The van der Waals surface area contributed by atoms with Gasteiger partial charge in [-0.25, -0.2) is 8.42 Å². The molecule has 0 aliphatic rings. The van der Waals surface area contributed by atoms with E-state index in [0.717, 1.165) is 33.0 Å². The van der Waals surface area contributed by atoms with Crippen molar-refractivity contribution in [2.75, 3.05) is 10.8 Å². The number of rotatable bonds is 13. The van der Waals surface area contributed by atoms with Gasteiger partial charge in [-0.3, -0.25) is 13.9 Å². The molecule has 0 heterocycles. The monoisotopic (exact) mass is 611 g/mol. The van der Waals surface area contributed by atoms with E-state index in [0.29, 0.717) is 5.69 Å². The molecule has 8 heteroatoms. The van der Waals surface area contributed by atoms with Crippen LogP contribution in [-0.2, 0) is 32.6 Å². The van der Waals surface area contributed by atoms with Gasteiger partial charge in [0.15, 0.2) is 0 Å². The van der Waals surface area contributed by atoms with Gasteiger partial charge in [-0.05, 0) is 62.6 Å². The maximum absolute atomic E-state index is 14.5. The molecular formula is C36H41N3O4S. The Labute approximate surface area is 261 Å². The molecule has 0 aromatic heterocycles. The summed E-state index contributed by atoms with van der Waals surface area (Å²) in [4.78, 5) is 30.0. The van der Waals surface area contributed by atoms with E-state index < -0.39 is 28.5 Å². The number of hydrogen-bond donors (Lipinski definition) is 1. The average molecular weight is 612 g/mol. The molecule has 1 N–H and O–H groups in total. The Kier molecular flexibility index (Phi) is 11.0. The van der Waals surface area contributed by atoms with Crippen LogP contribution in [0.3, 0.4) is 0 Å². The molecule has 0 radical (unpaired) electrons. The van der Waals surface area contributed by atoms with Gasteiger partial charge in [0, 0.05) is 19.0 Å². The third-order valence-electron chi connectivity index (χ3n) is 7.64. The lowest BCUT2D eigenvalue weighted by Crippen LogP contribution is -2.54. The molecule has 0 aliphatic heterocycles. The van der Waals surface area contributed by atoms with Crippen molar-refractivity contribution in [2.45, 2.75) is 64.1 Å². The molecular weight excluding hydrogens is 570 g/mol. The highest BCUT2D eigenvalue weighted by Gasteiger charge is 2.35. The smallest absolute Gasteiger partial charge is 0.264 e. The number of benzene rings is 4. The van der Waals surface area contributed by atoms with E-state index in [1.165, 1.54) is 4.90 Å². The highest BCUT2D eigenvalue weighted by molar-refractivity contribution is 7.92. The van der Waals surface area contributed by atoms with Crippen molar-refractivity contribution in [3.63, 3.8) is 0 Å². The quantitative estimate of drug-likeness (QED) is 0.199. The predicted molar refractivity (Wildman–Crippen MR) is 176 cm³/mol. The van der Waals surface area contributed by atoms with E-state index in [1.54, 1.807) is 54.6 Å². The molecule has 4 aromatic rings. The first kappa shape index (κ1) is 32.5. The molecule has 2 atom stereocenters. The zero-order chi connectivity index (χ0) is 31.7. The number of carbonyl (C=O) groups excluding carboxylic acids is 2. The number of carbonyl (C=O) groups is 2. The van der Waals surface area contributed by atoms with Gasteiger partial charge in [0.25, 0.3) is 10.0 Å². The van der Waals surface area contributed by atoms with Crippen molar-refractivity contribution in [1.82, 2.24) is 10.2 Å². The van der Waals surface area contributed by atoms with Crippen molar-refractivity contribution < 1.29 is 18.0 Å². The SMILES string of the molecule is CC[C@@H](C)NC(=O)[C@@H](Cc1ccccc1)N(Cc1cccc(C)c1)C(=O)CN(c1ccccc1)S(=O)(=O)c1ccc(C)cc1. The first-order valence-corrected chi connectivity index (χ1v) is 16.4. The Balaban J connectivity index is 1.79. The van der Waals surface area contributed by atoms with Crippen LogP contribution in [0.2, 0.25) is 0 Å². The van der Waals surface area contributed by atoms with Gasteiger partial charge in [0.05, 0.1) is 10.6 Å². The van der Waals surface area contributed by atoms with Gasteiger partial charge in [-0.1, -0.05) is 103 Å². The van der Waals surface area contributed by atoms with E-state index in [1.807, 2.05) is 82.3 Å². The summed E-state index contributed by atoms with van der Waals surface area (Å²) in [5, 5.41) is 3.06. The molecule has 0 aliphatic carbocycles. The molecule has 7 nitrogen and oxygen atoms in total. The number of amides is 2. The first-order valence-electron chi connectivity index (χ1n) is 14.9. The first-order chi connectivity index (χ1) is 21.1. The lowest BCUT2D eigenvalue weighted by Gasteiger charge is -2.34. The van der Waals surface area contributed by atoms with E-state index in [9.17, 15) is 18.0 Å². The fourth-order valence-electron chi connectivity index (χ4n) is 4.96. The maximum atomic E-state index is 14.5. The summed E-state index contributed by atoms with van der Waals surface area (Å²) in [5.74, 6) is -0.761. The van der Waals surface area contributed by atoms with Crippen LogP contribution in [0.4, 0.5) is 5.69 Å². The summed E-state index contributed by atoms with van der Waals surface area (Å²) in [7, 11) is -4.12. The highest BCUT2D eigenvalue weighted by Crippen LogP contribution is 2.25. The lowest BCUT2D eigenvalue weighted by atomic mass is 10.0. The molecule has 2 amide bonds. The Morgan fingerprint density at radius 3 is 2.00 bits per heavy atom. The molecule has 0 spiro atoms. The van der Waals surface area contributed by atoms with Gasteiger partial charge in [-0.15, -0.1) is 0 Å². The molecule has 4 aromatic carbocycles. The van der Waals surface area contributed by atoms with Crippen LogP contribution < -0.4 is 9.62 Å². The second-order valence-corrected chi connectivity index (χ2v) is 13.1. The minimum Gasteiger partial charge on any atom is -0.352 e. The van der Waals surface area contributed by atoms with Crippen LogP contribution in [0.15, 0.2) is 114 Å². The van der Waals surface area contributed by atoms with Crippen LogP contribution >= 0.6 is 0 Å². The number of para-hydroxylation sites is 1. The van der Waals surface area contributed by atoms with Crippen LogP contribution in [0.5, 0.6) is 0 Å².